The number of nitrogens with one attached hydrogen (secondary N) is 1. The molecule has 0 aliphatic carbocycles. The maximum Gasteiger partial charge on any atom is 0.243 e. The van der Waals surface area contributed by atoms with E-state index in [9.17, 15) is 12.8 Å². The first-order chi connectivity index (χ1) is 9.49. The minimum atomic E-state index is -3.69. The highest BCUT2D eigenvalue weighted by Crippen LogP contribution is 2.17. The molecule has 7 heteroatoms. The van der Waals surface area contributed by atoms with E-state index in [0.717, 1.165) is 5.56 Å². The van der Waals surface area contributed by atoms with Crippen molar-refractivity contribution >= 4 is 21.6 Å². The van der Waals surface area contributed by atoms with Gasteiger partial charge in [-0.1, -0.05) is 23.7 Å². The Hall–Kier alpha value is -1.50. The number of rotatable bonds is 5. The smallest absolute Gasteiger partial charge is 0.243 e. The van der Waals surface area contributed by atoms with Gasteiger partial charge in [0.1, 0.15) is 15.9 Å². The lowest BCUT2D eigenvalue weighted by molar-refractivity contribution is 0.581. The molecule has 1 aromatic heterocycles. The number of benzene rings is 1. The number of aromatic nitrogens is 1. The van der Waals surface area contributed by atoms with Crippen LogP contribution in [0.4, 0.5) is 4.39 Å². The molecule has 1 N–H and O–H groups in total. The second-order valence-corrected chi connectivity index (χ2v) is 6.16. The molecule has 0 atom stereocenters. The fourth-order valence-electron chi connectivity index (χ4n) is 1.63. The summed E-state index contributed by atoms with van der Waals surface area (Å²) in [6.07, 6.45) is 1.87. The number of sulfonamides is 1. The van der Waals surface area contributed by atoms with E-state index in [1.807, 2.05) is 0 Å². The maximum atomic E-state index is 12.7. The van der Waals surface area contributed by atoms with E-state index >= 15 is 0 Å². The molecule has 1 heterocycles. The van der Waals surface area contributed by atoms with Crippen molar-refractivity contribution in [2.24, 2.45) is 0 Å². The topological polar surface area (TPSA) is 59.1 Å². The summed E-state index contributed by atoms with van der Waals surface area (Å²) in [4.78, 5) is 3.67. The summed E-state index contributed by atoms with van der Waals surface area (Å²) >= 11 is 5.75. The zero-order chi connectivity index (χ0) is 14.6. The molecule has 4 nitrogen and oxygen atoms in total. The quantitative estimate of drug-likeness (QED) is 0.862. The van der Waals surface area contributed by atoms with Gasteiger partial charge in [-0.05, 0) is 36.2 Å². The highest BCUT2D eigenvalue weighted by Gasteiger charge is 2.17. The molecule has 0 fully saturated rings. The van der Waals surface area contributed by atoms with Crippen LogP contribution in [-0.4, -0.2) is 19.9 Å². The molecular weight excluding hydrogens is 303 g/mol. The number of nitrogens with zero attached hydrogens (tertiary/aromatic N) is 1. The zero-order valence-electron chi connectivity index (χ0n) is 10.4. The SMILES string of the molecule is O=S(=O)(NCCc1ccc(F)cc1)c1cccnc1Cl. The Labute approximate surface area is 121 Å². The monoisotopic (exact) mass is 314 g/mol. The summed E-state index contributed by atoms with van der Waals surface area (Å²) in [5.41, 5.74) is 0.839. The third-order valence-electron chi connectivity index (χ3n) is 2.63. The summed E-state index contributed by atoms with van der Waals surface area (Å²) in [5, 5.41) is -0.0678. The van der Waals surface area contributed by atoms with E-state index in [1.165, 1.54) is 30.5 Å². The summed E-state index contributed by atoms with van der Waals surface area (Å²) in [6, 6.07) is 8.78. The first-order valence-electron chi connectivity index (χ1n) is 5.84. The first kappa shape index (κ1) is 14.9. The van der Waals surface area contributed by atoms with Gasteiger partial charge in [-0.15, -0.1) is 0 Å². The van der Waals surface area contributed by atoms with Crippen LogP contribution in [0.5, 0.6) is 0 Å². The van der Waals surface area contributed by atoms with Crippen LogP contribution in [-0.2, 0) is 16.4 Å². The van der Waals surface area contributed by atoms with Crippen molar-refractivity contribution in [1.82, 2.24) is 9.71 Å². The molecule has 20 heavy (non-hydrogen) atoms. The van der Waals surface area contributed by atoms with E-state index in [1.54, 1.807) is 12.1 Å². The average Bonchev–Trinajstić information content (AvgIpc) is 2.41. The van der Waals surface area contributed by atoms with Crippen molar-refractivity contribution in [3.05, 3.63) is 59.1 Å². The van der Waals surface area contributed by atoms with Crippen molar-refractivity contribution < 1.29 is 12.8 Å². The predicted molar refractivity (Wildman–Crippen MR) is 74.5 cm³/mol. The summed E-state index contributed by atoms with van der Waals surface area (Å²) in [6.45, 7) is 0.194. The minimum absolute atomic E-state index is 0.0548. The summed E-state index contributed by atoms with van der Waals surface area (Å²) in [5.74, 6) is -0.323. The van der Waals surface area contributed by atoms with E-state index < -0.39 is 10.0 Å². The fraction of sp³-hybridized carbons (Fsp3) is 0.154. The van der Waals surface area contributed by atoms with Crippen LogP contribution in [0.25, 0.3) is 0 Å². The number of pyridine rings is 1. The molecule has 0 saturated carbocycles. The van der Waals surface area contributed by atoms with E-state index in [4.69, 9.17) is 11.6 Å². The largest absolute Gasteiger partial charge is 0.243 e. The lowest BCUT2D eigenvalue weighted by atomic mass is 10.1. The lowest BCUT2D eigenvalue weighted by Gasteiger charge is -2.07. The van der Waals surface area contributed by atoms with Gasteiger partial charge in [-0.25, -0.2) is 22.5 Å². The Morgan fingerprint density at radius 1 is 1.20 bits per heavy atom. The van der Waals surface area contributed by atoms with Crippen molar-refractivity contribution in [3.8, 4) is 0 Å². The van der Waals surface area contributed by atoms with Crippen LogP contribution >= 0.6 is 11.6 Å². The molecule has 1 aromatic carbocycles. The summed E-state index contributed by atoms with van der Waals surface area (Å²) < 4.78 is 39.2. The fourth-order valence-corrected chi connectivity index (χ4v) is 3.11. The van der Waals surface area contributed by atoms with E-state index in [-0.39, 0.29) is 22.4 Å². The molecular formula is C13H12ClFN2O2S. The number of hydrogen-bond donors (Lipinski definition) is 1. The van der Waals surface area contributed by atoms with E-state index in [0.29, 0.717) is 6.42 Å². The molecule has 2 aromatic rings. The Kier molecular flexibility index (Phi) is 4.69. The van der Waals surface area contributed by atoms with Crippen molar-refractivity contribution in [2.75, 3.05) is 6.54 Å². The maximum absolute atomic E-state index is 12.7. The average molecular weight is 315 g/mol. The predicted octanol–water partition coefficient (Wildman–Crippen LogP) is 2.40. The van der Waals surface area contributed by atoms with Crippen LogP contribution in [0, 0.1) is 5.82 Å². The van der Waals surface area contributed by atoms with Crippen LogP contribution in [0.15, 0.2) is 47.5 Å². The van der Waals surface area contributed by atoms with Gasteiger partial charge in [0, 0.05) is 12.7 Å². The molecule has 0 unspecified atom stereocenters. The molecule has 0 bridgehead atoms. The van der Waals surface area contributed by atoms with Crippen LogP contribution in [0.3, 0.4) is 0 Å². The molecule has 106 valence electrons. The normalized spacial score (nSPS) is 11.5. The second-order valence-electron chi connectivity index (χ2n) is 4.07. The van der Waals surface area contributed by atoms with Crippen LogP contribution < -0.4 is 4.72 Å². The molecule has 0 aliphatic rings. The molecule has 0 saturated heterocycles. The number of hydrogen-bond acceptors (Lipinski definition) is 3. The minimum Gasteiger partial charge on any atom is -0.243 e. The van der Waals surface area contributed by atoms with Gasteiger partial charge < -0.3 is 0 Å². The second kappa shape index (κ2) is 6.30. The molecule has 2 rings (SSSR count). The van der Waals surface area contributed by atoms with Gasteiger partial charge in [0.05, 0.1) is 0 Å². The van der Waals surface area contributed by atoms with Crippen LogP contribution in [0.1, 0.15) is 5.56 Å². The molecule has 0 radical (unpaired) electrons. The van der Waals surface area contributed by atoms with Crippen LogP contribution in [0.2, 0.25) is 5.15 Å². The van der Waals surface area contributed by atoms with Gasteiger partial charge in [-0.2, -0.15) is 0 Å². The zero-order valence-corrected chi connectivity index (χ0v) is 12.0. The Morgan fingerprint density at radius 3 is 2.55 bits per heavy atom. The van der Waals surface area contributed by atoms with Crippen molar-refractivity contribution in [2.45, 2.75) is 11.3 Å². The summed E-state index contributed by atoms with van der Waals surface area (Å²) in [7, 11) is -3.69. The number of halogens is 2. The Morgan fingerprint density at radius 2 is 1.90 bits per heavy atom. The van der Waals surface area contributed by atoms with Crippen molar-refractivity contribution in [3.63, 3.8) is 0 Å². The van der Waals surface area contributed by atoms with Crippen molar-refractivity contribution in [1.29, 1.82) is 0 Å². The van der Waals surface area contributed by atoms with Gasteiger partial charge in [-0.3, -0.25) is 0 Å². The van der Waals surface area contributed by atoms with Gasteiger partial charge in [0.25, 0.3) is 0 Å². The van der Waals surface area contributed by atoms with E-state index in [2.05, 4.69) is 9.71 Å². The third-order valence-corrected chi connectivity index (χ3v) is 4.54. The molecule has 0 spiro atoms. The molecule has 0 aliphatic heterocycles. The standard InChI is InChI=1S/C13H12ClFN2O2S/c14-13-12(2-1-8-16-13)20(18,19)17-9-7-10-3-5-11(15)6-4-10/h1-6,8,17H,7,9H2. The Bertz CT molecular complexity index is 690. The van der Waals surface area contributed by atoms with Gasteiger partial charge in [0.2, 0.25) is 10.0 Å². The highest BCUT2D eigenvalue weighted by molar-refractivity contribution is 7.89. The molecule has 0 amide bonds. The lowest BCUT2D eigenvalue weighted by Crippen LogP contribution is -2.26. The van der Waals surface area contributed by atoms with Gasteiger partial charge >= 0.3 is 0 Å². The first-order valence-corrected chi connectivity index (χ1v) is 7.70. The van der Waals surface area contributed by atoms with Gasteiger partial charge in [0.15, 0.2) is 0 Å². The Balaban J connectivity index is 2.00. The highest BCUT2D eigenvalue weighted by atomic mass is 35.5. The third kappa shape index (κ3) is 3.75.